The molecule has 0 bridgehead atoms. The van der Waals surface area contributed by atoms with E-state index in [-0.39, 0.29) is 17.0 Å². The molecule has 2 aromatic rings. The number of nitrogens with zero attached hydrogens (tertiary/aromatic N) is 2. The predicted octanol–water partition coefficient (Wildman–Crippen LogP) is 7.39. The summed E-state index contributed by atoms with van der Waals surface area (Å²) in [5, 5.41) is 23.4. The van der Waals surface area contributed by atoms with E-state index in [1.165, 1.54) is 19.9 Å². The molecule has 50 heavy (non-hydrogen) atoms. The monoisotopic (exact) mass is 746 g/mol. The van der Waals surface area contributed by atoms with Crippen LogP contribution >= 0.6 is 0 Å². The van der Waals surface area contributed by atoms with E-state index in [0.29, 0.717) is 0 Å². The highest BCUT2D eigenvalue weighted by atomic mass is 19.4. The van der Waals surface area contributed by atoms with Gasteiger partial charge in [0, 0.05) is 42.3 Å². The Bertz CT molecular complexity index is 1610. The lowest BCUT2D eigenvalue weighted by Crippen LogP contribution is -2.70. The summed E-state index contributed by atoms with van der Waals surface area (Å²) in [6.07, 6.45) is -6.66. The van der Waals surface area contributed by atoms with Gasteiger partial charge in [0.15, 0.2) is 0 Å². The highest BCUT2D eigenvalue weighted by Gasteiger charge is 2.90. The van der Waals surface area contributed by atoms with Crippen molar-refractivity contribution in [1.29, 1.82) is 0 Å². The minimum Gasteiger partial charge on any atom is -0.478 e. The summed E-state index contributed by atoms with van der Waals surface area (Å²) in [5.41, 5.74) is -2.10. The first kappa shape index (κ1) is 41.3. The average Bonchev–Trinajstić information content (AvgIpc) is 3.58. The number of halogens is 13. The molecule has 23 heteroatoms. The number of nitrogens with one attached hydrogen (secondary N) is 2. The summed E-state index contributed by atoms with van der Waals surface area (Å²) in [4.78, 5) is 41.6. The Labute approximate surface area is 271 Å². The minimum absolute atomic E-state index is 0.0660. The molecule has 3 rings (SSSR count). The summed E-state index contributed by atoms with van der Waals surface area (Å²) in [5.74, 6) is -42.6. The van der Waals surface area contributed by atoms with Gasteiger partial charge in [0.05, 0.1) is 34.9 Å². The lowest BCUT2D eigenvalue weighted by molar-refractivity contribution is -0.440. The summed E-state index contributed by atoms with van der Waals surface area (Å²) in [7, 11) is 0. The number of aromatic amines is 1. The number of hydrogen-bond acceptors (Lipinski definition) is 7. The van der Waals surface area contributed by atoms with Crippen LogP contribution in [0, 0.1) is 10.1 Å². The zero-order valence-electron chi connectivity index (χ0n) is 25.0. The molecule has 0 saturated carbocycles. The molecule has 2 heterocycles. The van der Waals surface area contributed by atoms with Crippen molar-refractivity contribution < 1.29 is 81.4 Å². The van der Waals surface area contributed by atoms with E-state index < -0.39 is 94.9 Å². The molecule has 0 radical (unpaired) electrons. The number of imidazole rings is 1. The summed E-state index contributed by atoms with van der Waals surface area (Å²) in [6, 6.07) is 4.18. The van der Waals surface area contributed by atoms with E-state index in [1.54, 1.807) is 18.7 Å². The number of esters is 1. The Morgan fingerprint density at radius 1 is 0.900 bits per heavy atom. The van der Waals surface area contributed by atoms with Crippen LogP contribution in [0.4, 0.5) is 62.8 Å². The Balaban J connectivity index is 0.00000158. The number of nitro benzene ring substituents is 1. The van der Waals surface area contributed by atoms with Crippen LogP contribution in [0.25, 0.3) is 0 Å². The smallest absolute Gasteiger partial charge is 0.460 e. The number of benzene rings is 1. The number of carboxylic acids is 1. The molecule has 0 aliphatic carbocycles. The number of dihydropyridines is 1. The van der Waals surface area contributed by atoms with Crippen LogP contribution in [0.15, 0.2) is 65.5 Å². The van der Waals surface area contributed by atoms with Crippen molar-refractivity contribution in [1.82, 2.24) is 15.3 Å². The van der Waals surface area contributed by atoms with Crippen LogP contribution in [0.3, 0.4) is 0 Å². The van der Waals surface area contributed by atoms with Crippen molar-refractivity contribution in [2.75, 3.05) is 6.61 Å². The number of nitro groups is 1. The second-order valence-electron chi connectivity index (χ2n) is 10.3. The Morgan fingerprint density at radius 3 is 1.92 bits per heavy atom. The largest absolute Gasteiger partial charge is 0.478 e. The third-order valence-electron chi connectivity index (χ3n) is 6.90. The average molecular weight is 746 g/mol. The molecular formula is C27H23F13N4O6. The highest BCUT2D eigenvalue weighted by Crippen LogP contribution is 2.60. The fourth-order valence-corrected chi connectivity index (χ4v) is 4.41. The lowest BCUT2D eigenvalue weighted by atomic mass is 9.80. The molecule has 1 aliphatic rings. The van der Waals surface area contributed by atoms with E-state index in [0.717, 1.165) is 18.2 Å². The SMILES string of the molecule is CC1=C(C(=O)O)C(c2cccc([N+](=O)[O-])c2)C(C(=O)OCCCC(F)(F)C(F)(F)C(F)(F)C(F)(F)C(F)(F)C(F)(F)F)=C(C)N1.c1c[nH]cn1. The number of H-pyrrole nitrogens is 1. The quantitative estimate of drug-likeness (QED) is 0.0670. The molecule has 0 spiro atoms. The number of non-ortho nitro benzene ring substituents is 1. The first-order chi connectivity index (χ1) is 22.7. The second-order valence-corrected chi connectivity index (χ2v) is 10.3. The van der Waals surface area contributed by atoms with Crippen LogP contribution in [-0.4, -0.2) is 74.3 Å². The molecule has 10 nitrogen and oxygen atoms in total. The van der Waals surface area contributed by atoms with E-state index in [4.69, 9.17) is 0 Å². The van der Waals surface area contributed by atoms with Gasteiger partial charge < -0.3 is 20.1 Å². The maximum absolute atomic E-state index is 14.0. The fraction of sp³-hybridized carbons (Fsp3) is 0.444. The van der Waals surface area contributed by atoms with Gasteiger partial charge >= 0.3 is 47.7 Å². The van der Waals surface area contributed by atoms with Crippen LogP contribution in [0.2, 0.25) is 0 Å². The lowest BCUT2D eigenvalue weighted by Gasteiger charge is -2.39. The molecule has 0 amide bonds. The number of carboxylic acid groups (broad SMARTS) is 1. The maximum atomic E-state index is 14.0. The number of rotatable bonds is 12. The zero-order chi connectivity index (χ0) is 38.7. The van der Waals surface area contributed by atoms with Crippen molar-refractivity contribution in [2.24, 2.45) is 0 Å². The number of allylic oxidation sites excluding steroid dienone is 2. The molecule has 0 fully saturated rings. The normalized spacial score (nSPS) is 16.3. The molecule has 0 saturated heterocycles. The molecule has 1 atom stereocenters. The summed E-state index contributed by atoms with van der Waals surface area (Å²) in [6.45, 7) is 1.01. The highest BCUT2D eigenvalue weighted by molar-refractivity contribution is 5.99. The van der Waals surface area contributed by atoms with Crippen molar-refractivity contribution in [2.45, 2.75) is 68.4 Å². The van der Waals surface area contributed by atoms with Crippen molar-refractivity contribution in [3.05, 3.63) is 81.2 Å². The summed E-state index contributed by atoms with van der Waals surface area (Å²) < 4.78 is 177. The van der Waals surface area contributed by atoms with Crippen molar-refractivity contribution in [3.8, 4) is 0 Å². The van der Waals surface area contributed by atoms with Gasteiger partial charge in [-0.2, -0.15) is 57.1 Å². The van der Waals surface area contributed by atoms with E-state index in [9.17, 15) is 81.9 Å². The molecule has 3 N–H and O–H groups in total. The van der Waals surface area contributed by atoms with Gasteiger partial charge in [-0.15, -0.1) is 0 Å². The number of aliphatic carboxylic acids is 1. The van der Waals surface area contributed by atoms with Crippen molar-refractivity contribution in [3.63, 3.8) is 0 Å². The van der Waals surface area contributed by atoms with E-state index in [1.807, 2.05) is 0 Å². The number of hydrogen-bond donors (Lipinski definition) is 3. The maximum Gasteiger partial charge on any atom is 0.460 e. The van der Waals surface area contributed by atoms with Crippen LogP contribution < -0.4 is 5.32 Å². The van der Waals surface area contributed by atoms with Gasteiger partial charge in [-0.05, 0) is 25.8 Å². The topological polar surface area (TPSA) is 147 Å². The number of carbonyl (C=O) groups is 2. The van der Waals surface area contributed by atoms with Gasteiger partial charge in [-0.25, -0.2) is 14.6 Å². The fourth-order valence-electron chi connectivity index (χ4n) is 4.41. The summed E-state index contributed by atoms with van der Waals surface area (Å²) >= 11 is 0. The second kappa shape index (κ2) is 14.5. The van der Waals surface area contributed by atoms with E-state index >= 15 is 0 Å². The molecule has 1 aromatic carbocycles. The Hall–Kier alpha value is -4.86. The predicted molar refractivity (Wildman–Crippen MR) is 142 cm³/mol. The van der Waals surface area contributed by atoms with Gasteiger partial charge in [-0.3, -0.25) is 10.1 Å². The van der Waals surface area contributed by atoms with Crippen LogP contribution in [-0.2, 0) is 14.3 Å². The first-order valence-corrected chi connectivity index (χ1v) is 13.4. The van der Waals surface area contributed by atoms with E-state index in [2.05, 4.69) is 20.0 Å². The van der Waals surface area contributed by atoms with Gasteiger partial charge in [0.1, 0.15) is 0 Å². The van der Waals surface area contributed by atoms with Gasteiger partial charge in [0.2, 0.25) is 0 Å². The molecule has 278 valence electrons. The zero-order valence-corrected chi connectivity index (χ0v) is 25.0. The first-order valence-electron chi connectivity index (χ1n) is 13.4. The number of aromatic nitrogens is 2. The molecule has 1 unspecified atom stereocenters. The Kier molecular flexibility index (Phi) is 12.0. The third kappa shape index (κ3) is 7.79. The molecule has 1 aromatic heterocycles. The molecule has 1 aliphatic heterocycles. The number of carbonyl (C=O) groups excluding carboxylic acids is 1. The number of ether oxygens (including phenoxy) is 1. The number of alkyl halides is 13. The van der Waals surface area contributed by atoms with Crippen LogP contribution in [0.5, 0.6) is 0 Å². The van der Waals surface area contributed by atoms with Gasteiger partial charge in [-0.1, -0.05) is 12.1 Å². The standard InChI is InChI=1S/C24H19F13N2O6.C3H4N2/c1-10-14(17(40)41)16(12-5-3-6-13(9-12)39(43)44)15(11(2)38-10)18(42)45-8-4-7-19(25,26)20(27,28)21(29,30)22(31,32)23(33,34)24(35,36)37;1-2-5-3-4-1/h3,5-6,9,16,38H,4,7-8H2,1-2H3,(H,40,41);1-3H,(H,4,5). The van der Waals surface area contributed by atoms with Crippen molar-refractivity contribution >= 4 is 17.6 Å². The Morgan fingerprint density at radius 2 is 1.46 bits per heavy atom. The molecular weight excluding hydrogens is 723 g/mol. The third-order valence-corrected chi connectivity index (χ3v) is 6.90. The van der Waals surface area contributed by atoms with Gasteiger partial charge in [0.25, 0.3) is 5.69 Å². The van der Waals surface area contributed by atoms with Crippen LogP contribution in [0.1, 0.15) is 38.2 Å². The minimum atomic E-state index is -8.05.